The predicted octanol–water partition coefficient (Wildman–Crippen LogP) is 4.16. The monoisotopic (exact) mass is 196 g/mol. The van der Waals surface area contributed by atoms with Gasteiger partial charge in [-0.05, 0) is 24.0 Å². The summed E-state index contributed by atoms with van der Waals surface area (Å²) < 4.78 is 0. The summed E-state index contributed by atoms with van der Waals surface area (Å²) in [5.41, 5.74) is 4.73. The van der Waals surface area contributed by atoms with Gasteiger partial charge in [-0.25, -0.2) is 0 Å². The highest BCUT2D eigenvalue weighted by atomic mass is 14.4. The van der Waals surface area contributed by atoms with E-state index in [1.807, 2.05) is 0 Å². The van der Waals surface area contributed by atoms with Crippen LogP contribution in [0.5, 0.6) is 0 Å². The molecule has 76 valence electrons. The van der Waals surface area contributed by atoms with Gasteiger partial charge < -0.3 is 0 Å². The summed E-state index contributed by atoms with van der Waals surface area (Å²) in [5.74, 6) is 1.31. The van der Waals surface area contributed by atoms with E-state index in [4.69, 9.17) is 0 Å². The van der Waals surface area contributed by atoms with Crippen LogP contribution in [0.15, 0.2) is 48.1 Å². The zero-order valence-corrected chi connectivity index (χ0v) is 9.11. The van der Waals surface area contributed by atoms with Gasteiger partial charge in [-0.3, -0.25) is 0 Å². The summed E-state index contributed by atoms with van der Waals surface area (Å²) in [7, 11) is 0. The zero-order valence-electron chi connectivity index (χ0n) is 9.11. The van der Waals surface area contributed by atoms with Crippen molar-refractivity contribution in [2.24, 2.45) is 0 Å². The van der Waals surface area contributed by atoms with E-state index >= 15 is 0 Å². The fraction of sp³-hybridized carbons (Fsp3) is 0.333. The largest absolute Gasteiger partial charge is 0.0845 e. The molecule has 3 rings (SSSR count). The van der Waals surface area contributed by atoms with Crippen LogP contribution in [0.2, 0.25) is 0 Å². The molecule has 2 unspecified atom stereocenters. The fourth-order valence-corrected chi connectivity index (χ4v) is 3.00. The van der Waals surface area contributed by atoms with E-state index < -0.39 is 0 Å². The van der Waals surface area contributed by atoms with Gasteiger partial charge in [-0.1, -0.05) is 55.0 Å². The lowest BCUT2D eigenvalue weighted by atomic mass is 9.92. The van der Waals surface area contributed by atoms with Gasteiger partial charge >= 0.3 is 0 Å². The third kappa shape index (κ3) is 1.28. The number of hydrogen-bond donors (Lipinski definition) is 0. The summed E-state index contributed by atoms with van der Waals surface area (Å²) in [6.45, 7) is 2.34. The molecule has 2 atom stereocenters. The molecule has 2 aliphatic rings. The average Bonchev–Trinajstić information content (AvgIpc) is 2.48. The van der Waals surface area contributed by atoms with Crippen molar-refractivity contribution >= 4 is 0 Å². The van der Waals surface area contributed by atoms with E-state index in [0.717, 1.165) is 0 Å². The minimum Gasteiger partial charge on any atom is -0.0845 e. The second kappa shape index (κ2) is 3.37. The average molecular weight is 196 g/mol. The van der Waals surface area contributed by atoms with Gasteiger partial charge in [-0.15, -0.1) is 0 Å². The molecule has 0 aromatic heterocycles. The van der Waals surface area contributed by atoms with Crippen LogP contribution >= 0.6 is 0 Å². The van der Waals surface area contributed by atoms with Crippen LogP contribution in [0.1, 0.15) is 42.7 Å². The Morgan fingerprint density at radius 1 is 1.13 bits per heavy atom. The SMILES string of the molecule is CC1C2=CC=CCCC2c2ccccc21. The third-order valence-electron chi connectivity index (χ3n) is 3.79. The molecule has 15 heavy (non-hydrogen) atoms. The van der Waals surface area contributed by atoms with Gasteiger partial charge in [0.1, 0.15) is 0 Å². The summed E-state index contributed by atoms with van der Waals surface area (Å²) >= 11 is 0. The lowest BCUT2D eigenvalue weighted by molar-refractivity contribution is 0.718. The van der Waals surface area contributed by atoms with Crippen molar-refractivity contribution in [1.29, 1.82) is 0 Å². The molecular weight excluding hydrogens is 180 g/mol. The minimum atomic E-state index is 0.619. The number of benzene rings is 1. The summed E-state index contributed by atoms with van der Waals surface area (Å²) in [5, 5.41) is 0. The smallest absolute Gasteiger partial charge is 0.00632 e. The molecule has 0 bridgehead atoms. The molecule has 2 aliphatic carbocycles. The fourth-order valence-electron chi connectivity index (χ4n) is 3.00. The van der Waals surface area contributed by atoms with Crippen molar-refractivity contribution in [1.82, 2.24) is 0 Å². The normalized spacial score (nSPS) is 27.9. The molecule has 0 heteroatoms. The standard InChI is InChI=1S/C15H16/c1-11-12-7-3-2-4-9-14(12)15-10-6-5-8-13(11)15/h2-3,5-8,10-11,14H,4,9H2,1H3. The summed E-state index contributed by atoms with van der Waals surface area (Å²) in [4.78, 5) is 0. The van der Waals surface area contributed by atoms with Crippen LogP contribution in [0.4, 0.5) is 0 Å². The van der Waals surface area contributed by atoms with Crippen molar-refractivity contribution in [2.75, 3.05) is 0 Å². The maximum Gasteiger partial charge on any atom is 0.00632 e. The lowest BCUT2D eigenvalue weighted by Gasteiger charge is -2.12. The molecule has 1 aromatic carbocycles. The molecule has 0 saturated heterocycles. The van der Waals surface area contributed by atoms with Crippen molar-refractivity contribution < 1.29 is 0 Å². The maximum absolute atomic E-state index is 2.34. The highest BCUT2D eigenvalue weighted by molar-refractivity contribution is 5.51. The molecule has 0 fully saturated rings. The van der Waals surface area contributed by atoms with Crippen LogP contribution in [-0.4, -0.2) is 0 Å². The second-order valence-electron chi connectivity index (χ2n) is 4.58. The van der Waals surface area contributed by atoms with Gasteiger partial charge in [0.2, 0.25) is 0 Å². The Hall–Kier alpha value is -1.30. The Morgan fingerprint density at radius 3 is 2.80 bits per heavy atom. The molecular formula is C15H16. The van der Waals surface area contributed by atoms with Crippen LogP contribution < -0.4 is 0 Å². The highest BCUT2D eigenvalue weighted by Gasteiger charge is 2.32. The number of fused-ring (bicyclic) bond motifs is 3. The van der Waals surface area contributed by atoms with E-state index in [1.165, 1.54) is 12.8 Å². The summed E-state index contributed by atoms with van der Waals surface area (Å²) in [6.07, 6.45) is 9.36. The van der Waals surface area contributed by atoms with Gasteiger partial charge in [0, 0.05) is 11.8 Å². The first-order chi connectivity index (χ1) is 7.38. The van der Waals surface area contributed by atoms with Gasteiger partial charge in [0.05, 0.1) is 0 Å². The summed E-state index contributed by atoms with van der Waals surface area (Å²) in [6, 6.07) is 8.94. The molecule has 0 amide bonds. The van der Waals surface area contributed by atoms with E-state index in [0.29, 0.717) is 11.8 Å². The van der Waals surface area contributed by atoms with Gasteiger partial charge in [0.25, 0.3) is 0 Å². The minimum absolute atomic E-state index is 0.619. The molecule has 0 heterocycles. The van der Waals surface area contributed by atoms with E-state index in [-0.39, 0.29) is 0 Å². The molecule has 0 N–H and O–H groups in total. The van der Waals surface area contributed by atoms with Crippen LogP contribution in [-0.2, 0) is 0 Å². The Balaban J connectivity index is 2.15. The quantitative estimate of drug-likeness (QED) is 0.584. The van der Waals surface area contributed by atoms with E-state index in [9.17, 15) is 0 Å². The molecule has 0 spiro atoms. The van der Waals surface area contributed by atoms with Crippen molar-refractivity contribution in [3.05, 3.63) is 59.2 Å². The van der Waals surface area contributed by atoms with E-state index in [2.05, 4.69) is 49.4 Å². The third-order valence-corrected chi connectivity index (χ3v) is 3.79. The molecule has 0 radical (unpaired) electrons. The molecule has 0 nitrogen and oxygen atoms in total. The molecule has 0 saturated carbocycles. The predicted molar refractivity (Wildman–Crippen MR) is 64.1 cm³/mol. The topological polar surface area (TPSA) is 0 Å². The van der Waals surface area contributed by atoms with E-state index in [1.54, 1.807) is 16.7 Å². The lowest BCUT2D eigenvalue weighted by Crippen LogP contribution is -1.95. The molecule has 1 aromatic rings. The van der Waals surface area contributed by atoms with Crippen LogP contribution in [0.3, 0.4) is 0 Å². The Morgan fingerprint density at radius 2 is 1.93 bits per heavy atom. The Kier molecular flexibility index (Phi) is 2.02. The van der Waals surface area contributed by atoms with Crippen LogP contribution in [0, 0.1) is 0 Å². The van der Waals surface area contributed by atoms with Crippen molar-refractivity contribution in [3.8, 4) is 0 Å². The molecule has 0 aliphatic heterocycles. The first-order valence-electron chi connectivity index (χ1n) is 5.83. The van der Waals surface area contributed by atoms with Crippen LogP contribution in [0.25, 0.3) is 0 Å². The Bertz CT molecular complexity index is 437. The van der Waals surface area contributed by atoms with Crippen molar-refractivity contribution in [2.45, 2.75) is 31.6 Å². The first-order valence-corrected chi connectivity index (χ1v) is 5.83. The first kappa shape index (κ1) is 8.96. The van der Waals surface area contributed by atoms with Crippen molar-refractivity contribution in [3.63, 3.8) is 0 Å². The highest BCUT2D eigenvalue weighted by Crippen LogP contribution is 2.48. The van der Waals surface area contributed by atoms with Gasteiger partial charge in [-0.2, -0.15) is 0 Å². The maximum atomic E-state index is 2.34. The number of rotatable bonds is 0. The second-order valence-corrected chi connectivity index (χ2v) is 4.58. The number of allylic oxidation sites excluding steroid dienone is 4. The number of hydrogen-bond acceptors (Lipinski definition) is 0. The van der Waals surface area contributed by atoms with Gasteiger partial charge in [0.15, 0.2) is 0 Å². The zero-order chi connectivity index (χ0) is 10.3. The Labute approximate surface area is 91.3 Å².